The van der Waals surface area contributed by atoms with Gasteiger partial charge in [0.05, 0.1) is 0 Å². The van der Waals surface area contributed by atoms with Gasteiger partial charge >= 0.3 is 0 Å². The molecule has 80 valence electrons. The Morgan fingerprint density at radius 1 is 1.00 bits per heavy atom. The summed E-state index contributed by atoms with van der Waals surface area (Å²) in [5.74, 6) is 0. The predicted octanol–water partition coefficient (Wildman–Crippen LogP) is 4.33. The zero-order valence-electron chi connectivity index (χ0n) is 10.1. The third kappa shape index (κ3) is 3.62. The smallest absolute Gasteiger partial charge is 0.0445 e. The van der Waals surface area contributed by atoms with Crippen LogP contribution in [-0.4, -0.2) is 6.26 Å². The summed E-state index contributed by atoms with van der Waals surface area (Å²) in [4.78, 5) is 0. The van der Waals surface area contributed by atoms with Gasteiger partial charge in [-0.05, 0) is 49.6 Å². The SMILES string of the molecule is CC.CSNc1cc(C)c(C)c(C)c1. The minimum atomic E-state index is 1.20. The second-order valence-corrected chi connectivity index (χ2v) is 3.65. The van der Waals surface area contributed by atoms with Gasteiger partial charge in [0.1, 0.15) is 0 Å². The van der Waals surface area contributed by atoms with Gasteiger partial charge in [-0.1, -0.05) is 25.8 Å². The first kappa shape index (κ1) is 13.4. The van der Waals surface area contributed by atoms with Crippen molar-refractivity contribution < 1.29 is 0 Å². The Bertz CT molecular complexity index is 259. The van der Waals surface area contributed by atoms with Gasteiger partial charge in [-0.15, -0.1) is 0 Å². The molecule has 0 bridgehead atoms. The highest BCUT2D eigenvalue weighted by Gasteiger charge is 1.99. The first-order valence-electron chi connectivity index (χ1n) is 5.02. The second-order valence-electron chi connectivity index (χ2n) is 3.04. The van der Waals surface area contributed by atoms with Crippen LogP contribution in [0.25, 0.3) is 0 Å². The molecule has 0 aliphatic rings. The van der Waals surface area contributed by atoms with Gasteiger partial charge in [0.25, 0.3) is 0 Å². The Labute approximate surface area is 92.4 Å². The van der Waals surface area contributed by atoms with Gasteiger partial charge < -0.3 is 4.72 Å². The lowest BCUT2D eigenvalue weighted by molar-refractivity contribution is 1.27. The second kappa shape index (κ2) is 6.77. The van der Waals surface area contributed by atoms with E-state index in [1.165, 1.54) is 22.4 Å². The fourth-order valence-electron chi connectivity index (χ4n) is 1.21. The molecule has 0 amide bonds. The molecule has 1 aromatic carbocycles. The highest BCUT2D eigenvalue weighted by Crippen LogP contribution is 2.20. The summed E-state index contributed by atoms with van der Waals surface area (Å²) < 4.78 is 3.23. The first-order valence-corrected chi connectivity index (χ1v) is 6.24. The zero-order valence-corrected chi connectivity index (χ0v) is 10.9. The average molecular weight is 211 g/mol. The Balaban J connectivity index is 0.000000791. The molecule has 0 aromatic heterocycles. The van der Waals surface area contributed by atoms with E-state index in [0.717, 1.165) is 0 Å². The van der Waals surface area contributed by atoms with E-state index in [1.807, 2.05) is 20.1 Å². The molecule has 2 heteroatoms. The van der Waals surface area contributed by atoms with Crippen molar-refractivity contribution in [1.29, 1.82) is 0 Å². The highest BCUT2D eigenvalue weighted by molar-refractivity contribution is 7.99. The van der Waals surface area contributed by atoms with Crippen molar-refractivity contribution in [2.75, 3.05) is 11.0 Å². The summed E-state index contributed by atoms with van der Waals surface area (Å²) in [6.07, 6.45) is 2.03. The standard InChI is InChI=1S/C10H15NS.C2H6/c1-7-5-10(11-12-4)6-8(2)9(7)3;1-2/h5-6,11H,1-4H3;1-2H3. The fourth-order valence-corrected chi connectivity index (χ4v) is 1.57. The number of hydrogen-bond donors (Lipinski definition) is 1. The number of rotatable bonds is 2. The lowest BCUT2D eigenvalue weighted by Crippen LogP contribution is -1.91. The van der Waals surface area contributed by atoms with Gasteiger partial charge in [0.2, 0.25) is 0 Å². The zero-order chi connectivity index (χ0) is 11.1. The Morgan fingerprint density at radius 2 is 1.43 bits per heavy atom. The van der Waals surface area contributed by atoms with Gasteiger partial charge in [0, 0.05) is 11.9 Å². The van der Waals surface area contributed by atoms with Crippen molar-refractivity contribution in [3.8, 4) is 0 Å². The molecule has 0 spiro atoms. The van der Waals surface area contributed by atoms with Crippen LogP contribution in [0.4, 0.5) is 5.69 Å². The van der Waals surface area contributed by atoms with Crippen molar-refractivity contribution >= 4 is 17.6 Å². The molecular weight excluding hydrogens is 190 g/mol. The summed E-state index contributed by atoms with van der Waals surface area (Å²) in [6, 6.07) is 4.36. The summed E-state index contributed by atoms with van der Waals surface area (Å²) in [6.45, 7) is 10.5. The van der Waals surface area contributed by atoms with E-state index in [0.29, 0.717) is 0 Å². The molecule has 0 radical (unpaired) electrons. The van der Waals surface area contributed by atoms with Crippen LogP contribution < -0.4 is 4.72 Å². The van der Waals surface area contributed by atoms with Crippen LogP contribution in [0.5, 0.6) is 0 Å². The van der Waals surface area contributed by atoms with E-state index < -0.39 is 0 Å². The number of nitrogens with one attached hydrogen (secondary N) is 1. The topological polar surface area (TPSA) is 12.0 Å². The van der Waals surface area contributed by atoms with Crippen molar-refractivity contribution in [1.82, 2.24) is 0 Å². The van der Waals surface area contributed by atoms with Crippen LogP contribution >= 0.6 is 11.9 Å². The van der Waals surface area contributed by atoms with Crippen molar-refractivity contribution in [2.45, 2.75) is 34.6 Å². The molecule has 0 saturated heterocycles. The predicted molar refractivity (Wildman–Crippen MR) is 69.1 cm³/mol. The lowest BCUT2D eigenvalue weighted by atomic mass is 10.0. The molecule has 0 unspecified atom stereocenters. The van der Waals surface area contributed by atoms with Crippen LogP contribution in [0.3, 0.4) is 0 Å². The fraction of sp³-hybridized carbons (Fsp3) is 0.500. The van der Waals surface area contributed by atoms with Crippen LogP contribution in [-0.2, 0) is 0 Å². The van der Waals surface area contributed by atoms with E-state index in [1.54, 1.807) is 11.9 Å². The van der Waals surface area contributed by atoms with E-state index >= 15 is 0 Å². The summed E-state index contributed by atoms with van der Waals surface area (Å²) in [5.41, 5.74) is 5.29. The molecule has 14 heavy (non-hydrogen) atoms. The van der Waals surface area contributed by atoms with E-state index in [2.05, 4.69) is 37.6 Å². The molecule has 0 atom stereocenters. The van der Waals surface area contributed by atoms with Crippen LogP contribution in [0.15, 0.2) is 12.1 Å². The summed E-state index contributed by atoms with van der Waals surface area (Å²) in [5, 5.41) is 0. The number of anilines is 1. The van der Waals surface area contributed by atoms with Crippen LogP contribution in [0.2, 0.25) is 0 Å². The van der Waals surface area contributed by atoms with Crippen LogP contribution in [0.1, 0.15) is 30.5 Å². The Hall–Kier alpha value is -0.630. The van der Waals surface area contributed by atoms with Crippen molar-refractivity contribution in [3.63, 3.8) is 0 Å². The highest BCUT2D eigenvalue weighted by atomic mass is 32.2. The number of benzene rings is 1. The lowest BCUT2D eigenvalue weighted by Gasteiger charge is -2.08. The minimum Gasteiger partial charge on any atom is -0.330 e. The van der Waals surface area contributed by atoms with Crippen LogP contribution in [0, 0.1) is 20.8 Å². The minimum absolute atomic E-state index is 1.20. The first-order chi connectivity index (χ1) is 6.65. The summed E-state index contributed by atoms with van der Waals surface area (Å²) >= 11 is 1.63. The molecule has 0 aliphatic heterocycles. The molecule has 0 aliphatic carbocycles. The Kier molecular flexibility index (Phi) is 6.46. The molecule has 0 saturated carbocycles. The van der Waals surface area contributed by atoms with Gasteiger partial charge in [-0.3, -0.25) is 0 Å². The maximum atomic E-state index is 3.23. The van der Waals surface area contributed by atoms with Gasteiger partial charge in [-0.25, -0.2) is 0 Å². The largest absolute Gasteiger partial charge is 0.330 e. The van der Waals surface area contributed by atoms with E-state index in [4.69, 9.17) is 0 Å². The third-order valence-electron chi connectivity index (χ3n) is 2.15. The van der Waals surface area contributed by atoms with E-state index in [-0.39, 0.29) is 0 Å². The third-order valence-corrected chi connectivity index (χ3v) is 2.59. The van der Waals surface area contributed by atoms with Crippen molar-refractivity contribution in [3.05, 3.63) is 28.8 Å². The maximum absolute atomic E-state index is 3.23. The van der Waals surface area contributed by atoms with Gasteiger partial charge in [0.15, 0.2) is 0 Å². The van der Waals surface area contributed by atoms with Crippen molar-refractivity contribution in [2.24, 2.45) is 0 Å². The normalized spacial score (nSPS) is 9.00. The monoisotopic (exact) mass is 211 g/mol. The molecule has 1 aromatic rings. The number of hydrogen-bond acceptors (Lipinski definition) is 2. The summed E-state index contributed by atoms with van der Waals surface area (Å²) in [7, 11) is 0. The molecule has 1 nitrogen and oxygen atoms in total. The average Bonchev–Trinajstić information content (AvgIpc) is 2.18. The number of aryl methyl sites for hydroxylation is 2. The molecule has 1 rings (SSSR count). The maximum Gasteiger partial charge on any atom is 0.0445 e. The van der Waals surface area contributed by atoms with Gasteiger partial charge in [-0.2, -0.15) is 0 Å². The quantitative estimate of drug-likeness (QED) is 0.731. The Morgan fingerprint density at radius 3 is 1.79 bits per heavy atom. The molecule has 1 N–H and O–H groups in total. The molecular formula is C12H21NS. The molecule has 0 heterocycles. The van der Waals surface area contributed by atoms with E-state index in [9.17, 15) is 0 Å². The molecule has 0 fully saturated rings.